The van der Waals surface area contributed by atoms with E-state index in [0.717, 1.165) is 43.1 Å². The number of rotatable bonds is 3. The molecular formula is C20H35BrN4. The summed E-state index contributed by atoms with van der Waals surface area (Å²) in [6.45, 7) is 22.3. The van der Waals surface area contributed by atoms with Gasteiger partial charge in [-0.05, 0) is 36.3 Å². The van der Waals surface area contributed by atoms with Crippen molar-refractivity contribution in [3.05, 3.63) is 54.5 Å². The fraction of sp³-hybridized carbons (Fsp3) is 0.500. The molecule has 0 saturated carbocycles. The van der Waals surface area contributed by atoms with Crippen molar-refractivity contribution in [2.75, 3.05) is 37.6 Å². The average Bonchev–Trinajstić information content (AvgIpc) is 2.66. The van der Waals surface area contributed by atoms with Crippen LogP contribution >= 0.6 is 15.9 Å². The summed E-state index contributed by atoms with van der Waals surface area (Å²) in [6.07, 6.45) is 10.9. The topological polar surface area (TPSA) is 32.3 Å². The molecule has 0 N–H and O–H groups in total. The molecule has 1 aromatic heterocycles. The fourth-order valence-corrected chi connectivity index (χ4v) is 2.10. The van der Waals surface area contributed by atoms with Crippen molar-refractivity contribution < 1.29 is 0 Å². The third kappa shape index (κ3) is 13.5. The fourth-order valence-electron chi connectivity index (χ4n) is 1.90. The Labute approximate surface area is 163 Å². The van der Waals surface area contributed by atoms with Gasteiger partial charge in [-0.1, -0.05) is 51.7 Å². The van der Waals surface area contributed by atoms with E-state index in [-0.39, 0.29) is 0 Å². The lowest BCUT2D eigenvalue weighted by Crippen LogP contribution is -2.46. The Balaban J connectivity index is 0. The molecule has 0 bridgehead atoms. The second-order valence-electron chi connectivity index (χ2n) is 4.79. The molecular weight excluding hydrogens is 376 g/mol. The number of piperazine rings is 1. The van der Waals surface area contributed by atoms with Crippen LogP contribution < -0.4 is 4.90 Å². The minimum atomic E-state index is 0.790. The number of aromatic nitrogens is 2. The third-order valence-corrected chi connectivity index (χ3v) is 3.49. The first kappa shape index (κ1) is 25.8. The van der Waals surface area contributed by atoms with Crippen molar-refractivity contribution in [2.45, 2.75) is 34.6 Å². The predicted molar refractivity (Wildman–Crippen MR) is 116 cm³/mol. The standard InChI is InChI=1S/C10H15BrN4.C5H8.C3H6.C2H6/c1-2-14-3-5-15(6-4-14)10-8-12-9(11)7-13-10;1-3-5-4-2;1-3-2;1-2/h7-8H,2-6H2,1H3;3-5H,1H2,2H3;3H,1H2,2H3;1-2H3/b;5-4-;;. The summed E-state index contributed by atoms with van der Waals surface area (Å²) >= 11 is 3.29. The van der Waals surface area contributed by atoms with E-state index in [0.29, 0.717) is 0 Å². The number of hydrogen-bond donors (Lipinski definition) is 0. The van der Waals surface area contributed by atoms with Gasteiger partial charge < -0.3 is 9.80 Å². The molecule has 4 nitrogen and oxygen atoms in total. The lowest BCUT2D eigenvalue weighted by molar-refractivity contribution is 0.270. The molecule has 0 aromatic carbocycles. The van der Waals surface area contributed by atoms with Crippen molar-refractivity contribution in [1.82, 2.24) is 14.9 Å². The smallest absolute Gasteiger partial charge is 0.147 e. The molecule has 0 radical (unpaired) electrons. The van der Waals surface area contributed by atoms with Gasteiger partial charge in [-0.2, -0.15) is 0 Å². The Kier molecular flexibility index (Phi) is 19.5. The van der Waals surface area contributed by atoms with E-state index in [1.54, 1.807) is 18.3 Å². The van der Waals surface area contributed by atoms with Crippen molar-refractivity contribution in [3.8, 4) is 0 Å². The molecule has 1 aliphatic rings. The monoisotopic (exact) mass is 410 g/mol. The molecule has 2 rings (SSSR count). The van der Waals surface area contributed by atoms with Crippen LogP contribution in [0.3, 0.4) is 0 Å². The quantitative estimate of drug-likeness (QED) is 0.496. The summed E-state index contributed by atoms with van der Waals surface area (Å²) in [5.74, 6) is 0.981. The van der Waals surface area contributed by atoms with Crippen LogP contribution in [0.5, 0.6) is 0 Å². The van der Waals surface area contributed by atoms with E-state index in [4.69, 9.17) is 0 Å². The van der Waals surface area contributed by atoms with Gasteiger partial charge in [-0.15, -0.1) is 6.58 Å². The average molecular weight is 411 g/mol. The number of hydrogen-bond acceptors (Lipinski definition) is 4. The predicted octanol–water partition coefficient (Wildman–Crippen LogP) is 5.35. The highest BCUT2D eigenvalue weighted by atomic mass is 79.9. The van der Waals surface area contributed by atoms with Crippen molar-refractivity contribution in [3.63, 3.8) is 0 Å². The van der Waals surface area contributed by atoms with E-state index in [1.807, 2.05) is 46.0 Å². The maximum absolute atomic E-state index is 4.35. The van der Waals surface area contributed by atoms with E-state index >= 15 is 0 Å². The number of allylic oxidation sites excluding steroid dienone is 4. The molecule has 1 aromatic rings. The van der Waals surface area contributed by atoms with Crippen LogP contribution in [0.1, 0.15) is 34.6 Å². The molecule has 0 unspecified atom stereocenters. The zero-order valence-electron chi connectivity index (χ0n) is 16.6. The van der Waals surface area contributed by atoms with Crippen molar-refractivity contribution >= 4 is 21.7 Å². The summed E-state index contributed by atoms with van der Waals surface area (Å²) in [4.78, 5) is 13.3. The molecule has 5 heteroatoms. The van der Waals surface area contributed by atoms with E-state index in [1.165, 1.54) is 0 Å². The van der Waals surface area contributed by atoms with Gasteiger partial charge in [0.2, 0.25) is 0 Å². The van der Waals surface area contributed by atoms with Gasteiger partial charge in [0.1, 0.15) is 10.4 Å². The Hall–Kier alpha value is -1.46. The molecule has 142 valence electrons. The SMILES string of the molecule is C=C/C=C\C.C=CC.CC.CCN1CCN(c2cnc(Br)cn2)CC1. The van der Waals surface area contributed by atoms with Crippen LogP contribution in [0.25, 0.3) is 0 Å². The Morgan fingerprint density at radius 3 is 1.96 bits per heavy atom. The van der Waals surface area contributed by atoms with Crippen LogP contribution in [0.15, 0.2) is 54.5 Å². The first-order chi connectivity index (χ1) is 12.1. The first-order valence-corrected chi connectivity index (χ1v) is 9.67. The van der Waals surface area contributed by atoms with Crippen LogP contribution in [0, 0.1) is 0 Å². The van der Waals surface area contributed by atoms with Gasteiger partial charge in [0.25, 0.3) is 0 Å². The highest BCUT2D eigenvalue weighted by Gasteiger charge is 2.16. The van der Waals surface area contributed by atoms with Gasteiger partial charge in [-0.3, -0.25) is 0 Å². The Morgan fingerprint density at radius 2 is 1.64 bits per heavy atom. The maximum Gasteiger partial charge on any atom is 0.147 e. The summed E-state index contributed by atoms with van der Waals surface area (Å²) in [7, 11) is 0. The molecule has 1 aliphatic heterocycles. The molecule has 0 spiro atoms. The normalized spacial score (nSPS) is 13.4. The van der Waals surface area contributed by atoms with E-state index < -0.39 is 0 Å². The molecule has 25 heavy (non-hydrogen) atoms. The van der Waals surface area contributed by atoms with E-state index in [2.05, 4.69) is 55.8 Å². The van der Waals surface area contributed by atoms with Crippen LogP contribution in [0.2, 0.25) is 0 Å². The second-order valence-corrected chi connectivity index (χ2v) is 5.60. The Morgan fingerprint density at radius 1 is 1.08 bits per heavy atom. The van der Waals surface area contributed by atoms with Crippen LogP contribution in [-0.2, 0) is 0 Å². The summed E-state index contributed by atoms with van der Waals surface area (Å²) in [5, 5.41) is 0. The van der Waals surface area contributed by atoms with Gasteiger partial charge in [0.15, 0.2) is 0 Å². The zero-order chi connectivity index (χ0) is 19.5. The molecule has 0 aliphatic carbocycles. The molecule has 0 amide bonds. The number of nitrogens with zero attached hydrogens (tertiary/aromatic N) is 4. The lowest BCUT2D eigenvalue weighted by Gasteiger charge is -2.34. The van der Waals surface area contributed by atoms with Gasteiger partial charge in [0, 0.05) is 26.2 Å². The van der Waals surface area contributed by atoms with Gasteiger partial charge in [0.05, 0.1) is 12.4 Å². The molecule has 1 saturated heterocycles. The van der Waals surface area contributed by atoms with Crippen LogP contribution in [0.4, 0.5) is 5.82 Å². The maximum atomic E-state index is 4.35. The largest absolute Gasteiger partial charge is 0.353 e. The van der Waals surface area contributed by atoms with E-state index in [9.17, 15) is 0 Å². The highest BCUT2D eigenvalue weighted by Crippen LogP contribution is 2.13. The minimum Gasteiger partial charge on any atom is -0.353 e. The summed E-state index contributed by atoms with van der Waals surface area (Å²) < 4.78 is 0.790. The summed E-state index contributed by atoms with van der Waals surface area (Å²) in [5.41, 5.74) is 0. The van der Waals surface area contributed by atoms with Crippen molar-refractivity contribution in [2.24, 2.45) is 0 Å². The third-order valence-electron chi connectivity index (χ3n) is 3.08. The number of halogens is 1. The zero-order valence-corrected chi connectivity index (χ0v) is 18.2. The second kappa shape index (κ2) is 18.9. The first-order valence-electron chi connectivity index (χ1n) is 8.88. The minimum absolute atomic E-state index is 0.790. The highest BCUT2D eigenvalue weighted by molar-refractivity contribution is 9.10. The van der Waals surface area contributed by atoms with Gasteiger partial charge >= 0.3 is 0 Å². The molecule has 2 heterocycles. The number of anilines is 1. The molecule has 0 atom stereocenters. The lowest BCUT2D eigenvalue weighted by atomic mass is 10.3. The molecule has 1 fully saturated rings. The number of likely N-dealkylation sites (N-methyl/N-ethyl adjacent to an activating group) is 1. The summed E-state index contributed by atoms with van der Waals surface area (Å²) in [6, 6.07) is 0. The Bertz CT molecular complexity index is 449. The van der Waals surface area contributed by atoms with Crippen molar-refractivity contribution in [1.29, 1.82) is 0 Å². The van der Waals surface area contributed by atoms with Gasteiger partial charge in [-0.25, -0.2) is 9.97 Å². The van der Waals surface area contributed by atoms with Crippen LogP contribution in [-0.4, -0.2) is 47.6 Å².